The van der Waals surface area contributed by atoms with Crippen molar-refractivity contribution in [2.45, 2.75) is 32.6 Å². The summed E-state index contributed by atoms with van der Waals surface area (Å²) in [7, 11) is 0. The number of halogens is 1. The van der Waals surface area contributed by atoms with E-state index in [1.807, 2.05) is 18.2 Å². The maximum absolute atomic E-state index is 11.9. The van der Waals surface area contributed by atoms with Crippen LogP contribution in [0, 0.1) is 0 Å². The van der Waals surface area contributed by atoms with Gasteiger partial charge >= 0.3 is 5.76 Å². The summed E-state index contributed by atoms with van der Waals surface area (Å²) in [5.74, 6) is -0.200. The van der Waals surface area contributed by atoms with Crippen molar-refractivity contribution in [2.75, 3.05) is 0 Å². The van der Waals surface area contributed by atoms with Crippen LogP contribution in [0.4, 0.5) is 0 Å². The molecule has 0 unspecified atom stereocenters. The molecule has 2 heterocycles. The average Bonchev–Trinajstić information content (AvgIpc) is 3.03. The largest absolute Gasteiger partial charge is 0.438 e. The average molecular weight is 386 g/mol. The minimum Gasteiger partial charge on any atom is -0.321 e. The maximum atomic E-state index is 11.9. The summed E-state index contributed by atoms with van der Waals surface area (Å²) >= 11 is 5.85. The van der Waals surface area contributed by atoms with Crippen molar-refractivity contribution in [3.8, 4) is 0 Å². The Kier molecular flexibility index (Phi) is 5.19. The SMILES string of the molecule is CC(C)(C)c1ccc(/C(=C/Cc2noc(=O)[nH]2)c2ccc(Cl)c(=O)[nH]2)cc1. The molecule has 3 aromatic rings. The fourth-order valence-corrected chi connectivity index (χ4v) is 2.80. The number of rotatable bonds is 4. The Hall–Kier alpha value is -2.86. The molecule has 0 atom stereocenters. The first-order valence-corrected chi connectivity index (χ1v) is 8.87. The Balaban J connectivity index is 2.04. The highest BCUT2D eigenvalue weighted by atomic mass is 35.5. The van der Waals surface area contributed by atoms with E-state index in [0.29, 0.717) is 17.9 Å². The normalized spacial score (nSPS) is 12.4. The van der Waals surface area contributed by atoms with Gasteiger partial charge in [0.05, 0.1) is 0 Å². The van der Waals surface area contributed by atoms with E-state index in [9.17, 15) is 9.59 Å². The molecule has 140 valence electrons. The van der Waals surface area contributed by atoms with Gasteiger partial charge in [0.1, 0.15) is 5.02 Å². The van der Waals surface area contributed by atoms with E-state index in [4.69, 9.17) is 11.6 Å². The molecule has 0 fully saturated rings. The van der Waals surface area contributed by atoms with Gasteiger partial charge in [0.25, 0.3) is 5.56 Å². The maximum Gasteiger partial charge on any atom is 0.438 e. The Morgan fingerprint density at radius 1 is 1.11 bits per heavy atom. The fraction of sp³-hybridized carbons (Fsp3) is 0.250. The van der Waals surface area contributed by atoms with Gasteiger partial charge in [-0.1, -0.05) is 67.9 Å². The van der Waals surface area contributed by atoms with Gasteiger partial charge in [-0.3, -0.25) is 14.3 Å². The standard InChI is InChI=1S/C20H20ClN3O3/c1-20(2,3)13-6-4-12(5-7-13)14(8-11-17-23-19(26)27-24-17)16-10-9-15(21)18(25)22-16/h4-10H,11H2,1-3H3,(H,22,25)(H,23,24,26)/b14-8-. The van der Waals surface area contributed by atoms with E-state index in [2.05, 4.69) is 52.6 Å². The molecule has 0 aliphatic carbocycles. The number of nitrogens with zero attached hydrogens (tertiary/aromatic N) is 1. The zero-order chi connectivity index (χ0) is 19.6. The van der Waals surface area contributed by atoms with Crippen LogP contribution >= 0.6 is 11.6 Å². The number of aromatic amines is 2. The van der Waals surface area contributed by atoms with Gasteiger partial charge in [0.15, 0.2) is 5.82 Å². The van der Waals surface area contributed by atoms with Gasteiger partial charge in [-0.25, -0.2) is 4.79 Å². The van der Waals surface area contributed by atoms with E-state index in [1.54, 1.807) is 12.1 Å². The first-order valence-electron chi connectivity index (χ1n) is 8.49. The summed E-state index contributed by atoms with van der Waals surface area (Å²) in [6.07, 6.45) is 2.21. The number of allylic oxidation sites excluding steroid dienone is 1. The monoisotopic (exact) mass is 385 g/mol. The first kappa shape index (κ1) is 18.9. The van der Waals surface area contributed by atoms with Gasteiger partial charge in [-0.15, -0.1) is 0 Å². The molecule has 0 radical (unpaired) electrons. The zero-order valence-corrected chi connectivity index (χ0v) is 16.1. The Morgan fingerprint density at radius 3 is 2.37 bits per heavy atom. The van der Waals surface area contributed by atoms with Crippen LogP contribution in [0.15, 0.2) is 56.6 Å². The second-order valence-electron chi connectivity index (χ2n) is 7.24. The van der Waals surface area contributed by atoms with Crippen LogP contribution in [-0.2, 0) is 11.8 Å². The van der Waals surface area contributed by atoms with E-state index >= 15 is 0 Å². The Labute approximate surface area is 160 Å². The number of H-pyrrole nitrogens is 2. The van der Waals surface area contributed by atoms with Crippen molar-refractivity contribution < 1.29 is 4.52 Å². The van der Waals surface area contributed by atoms with Crippen LogP contribution < -0.4 is 11.3 Å². The summed E-state index contributed by atoms with van der Waals surface area (Å²) in [4.78, 5) is 28.4. The van der Waals surface area contributed by atoms with Crippen LogP contribution in [0.25, 0.3) is 5.57 Å². The van der Waals surface area contributed by atoms with E-state index < -0.39 is 5.76 Å². The van der Waals surface area contributed by atoms with Crippen molar-refractivity contribution in [1.82, 2.24) is 15.1 Å². The topological polar surface area (TPSA) is 91.8 Å². The summed E-state index contributed by atoms with van der Waals surface area (Å²) in [5.41, 5.74) is 3.23. The van der Waals surface area contributed by atoms with Crippen LogP contribution in [0.3, 0.4) is 0 Å². The second kappa shape index (κ2) is 7.40. The van der Waals surface area contributed by atoms with Crippen molar-refractivity contribution in [1.29, 1.82) is 0 Å². The van der Waals surface area contributed by atoms with E-state index in [0.717, 1.165) is 11.1 Å². The number of hydrogen-bond acceptors (Lipinski definition) is 4. The van der Waals surface area contributed by atoms with Gasteiger partial charge < -0.3 is 4.98 Å². The van der Waals surface area contributed by atoms with Crippen molar-refractivity contribution in [2.24, 2.45) is 0 Å². The molecule has 0 spiro atoms. The molecule has 7 heteroatoms. The predicted octanol–water partition coefficient (Wildman–Crippen LogP) is 3.68. The van der Waals surface area contributed by atoms with E-state index in [1.165, 1.54) is 5.56 Å². The molecule has 27 heavy (non-hydrogen) atoms. The lowest BCUT2D eigenvalue weighted by Crippen LogP contribution is -2.11. The lowest BCUT2D eigenvalue weighted by atomic mass is 9.86. The molecule has 0 saturated heterocycles. The zero-order valence-electron chi connectivity index (χ0n) is 15.3. The molecule has 0 aliphatic heterocycles. The molecule has 6 nitrogen and oxygen atoms in total. The third-order valence-electron chi connectivity index (χ3n) is 4.20. The van der Waals surface area contributed by atoms with Crippen molar-refractivity contribution in [3.63, 3.8) is 0 Å². The van der Waals surface area contributed by atoms with Gasteiger partial charge in [0.2, 0.25) is 0 Å². The molecule has 2 N–H and O–H groups in total. The van der Waals surface area contributed by atoms with Crippen LogP contribution in [0.5, 0.6) is 0 Å². The fourth-order valence-electron chi connectivity index (χ4n) is 2.69. The minimum atomic E-state index is -0.602. The number of pyridine rings is 1. The van der Waals surface area contributed by atoms with Crippen LogP contribution in [0.1, 0.15) is 43.4 Å². The number of benzene rings is 1. The van der Waals surface area contributed by atoms with Crippen molar-refractivity contribution >= 4 is 17.2 Å². The number of hydrogen-bond donors (Lipinski definition) is 2. The van der Waals surface area contributed by atoms with E-state index in [-0.39, 0.29) is 16.0 Å². The Morgan fingerprint density at radius 2 is 1.81 bits per heavy atom. The second-order valence-corrected chi connectivity index (χ2v) is 7.65. The van der Waals surface area contributed by atoms with Gasteiger partial charge in [-0.05, 0) is 28.7 Å². The molecule has 0 bridgehead atoms. The predicted molar refractivity (Wildman–Crippen MR) is 105 cm³/mol. The molecule has 0 saturated carbocycles. The molecule has 3 rings (SSSR count). The lowest BCUT2D eigenvalue weighted by Gasteiger charge is -2.19. The lowest BCUT2D eigenvalue weighted by molar-refractivity contribution is 0.382. The summed E-state index contributed by atoms with van der Waals surface area (Å²) in [6.45, 7) is 6.45. The third-order valence-corrected chi connectivity index (χ3v) is 4.50. The van der Waals surface area contributed by atoms with Gasteiger partial charge in [-0.2, -0.15) is 0 Å². The first-order chi connectivity index (χ1) is 12.7. The van der Waals surface area contributed by atoms with Crippen LogP contribution in [-0.4, -0.2) is 15.1 Å². The molecule has 2 aromatic heterocycles. The van der Waals surface area contributed by atoms with Gasteiger partial charge in [0, 0.05) is 17.7 Å². The summed E-state index contributed by atoms with van der Waals surface area (Å²) in [6, 6.07) is 11.4. The third kappa shape index (κ3) is 4.46. The molecule has 1 aromatic carbocycles. The Bertz CT molecular complexity index is 1080. The number of nitrogens with one attached hydrogen (secondary N) is 2. The highest BCUT2D eigenvalue weighted by Crippen LogP contribution is 2.27. The molecule has 0 aliphatic rings. The number of aromatic nitrogens is 3. The van der Waals surface area contributed by atoms with Crippen molar-refractivity contribution in [3.05, 3.63) is 91.0 Å². The molecular formula is C20H20ClN3O3. The minimum absolute atomic E-state index is 0.0389. The van der Waals surface area contributed by atoms with Crippen LogP contribution in [0.2, 0.25) is 5.02 Å². The quantitative estimate of drug-likeness (QED) is 0.716. The summed E-state index contributed by atoms with van der Waals surface area (Å²) in [5, 5.41) is 3.80. The summed E-state index contributed by atoms with van der Waals surface area (Å²) < 4.78 is 4.53. The smallest absolute Gasteiger partial charge is 0.321 e. The highest BCUT2D eigenvalue weighted by molar-refractivity contribution is 6.30. The molecule has 0 amide bonds. The molecular weight excluding hydrogens is 366 g/mol. The highest BCUT2D eigenvalue weighted by Gasteiger charge is 2.14.